The summed E-state index contributed by atoms with van der Waals surface area (Å²) in [7, 11) is 1.72. The molecular weight excluding hydrogens is 214 g/mol. The summed E-state index contributed by atoms with van der Waals surface area (Å²) in [5.41, 5.74) is 7.07. The Hall–Kier alpha value is -1.55. The Bertz CT molecular complexity index is 391. The maximum atomic E-state index is 5.97. The minimum atomic E-state index is 0.289. The Labute approximate surface area is 102 Å². The minimum Gasteiger partial charge on any atom is -0.384 e. The number of guanidine groups is 1. The van der Waals surface area contributed by atoms with Gasteiger partial charge in [-0.2, -0.15) is 0 Å². The van der Waals surface area contributed by atoms with Gasteiger partial charge >= 0.3 is 0 Å². The van der Waals surface area contributed by atoms with Crippen LogP contribution in [0.3, 0.4) is 0 Å². The molecule has 0 spiro atoms. The maximum absolute atomic E-state index is 5.97. The van der Waals surface area contributed by atoms with Crippen molar-refractivity contribution in [1.82, 2.24) is 0 Å². The van der Waals surface area contributed by atoms with Crippen LogP contribution in [0, 0.1) is 5.92 Å². The van der Waals surface area contributed by atoms with Gasteiger partial charge in [-0.05, 0) is 12.1 Å². The van der Waals surface area contributed by atoms with Crippen LogP contribution in [0.15, 0.2) is 35.3 Å². The summed E-state index contributed by atoms with van der Waals surface area (Å²) in [5, 5.41) is 0. The fourth-order valence-electron chi connectivity index (χ4n) is 2.24. The Morgan fingerprint density at radius 1 is 1.47 bits per heavy atom. The average Bonchev–Trinajstić information content (AvgIpc) is 2.73. The van der Waals surface area contributed by atoms with Crippen LogP contribution in [0.4, 0.5) is 5.69 Å². The smallest absolute Gasteiger partial charge is 0.196 e. The standard InChI is InChI=1S/C13H19N3O/c1-10(9-17-2)12-8-15-13(14)16(12)11-6-4-3-5-7-11/h3-7,10,12H,8-9H2,1-2H3,(H2,14,15). The first kappa shape index (κ1) is 11.9. The van der Waals surface area contributed by atoms with Crippen LogP contribution in [0.25, 0.3) is 0 Å². The quantitative estimate of drug-likeness (QED) is 0.857. The summed E-state index contributed by atoms with van der Waals surface area (Å²) < 4.78 is 5.22. The van der Waals surface area contributed by atoms with Crippen molar-refractivity contribution in [1.29, 1.82) is 0 Å². The summed E-state index contributed by atoms with van der Waals surface area (Å²) in [6.45, 7) is 3.63. The van der Waals surface area contributed by atoms with Crippen LogP contribution in [0.2, 0.25) is 0 Å². The number of hydrogen-bond donors (Lipinski definition) is 1. The third kappa shape index (κ3) is 2.42. The molecule has 0 saturated heterocycles. The zero-order valence-electron chi connectivity index (χ0n) is 10.3. The van der Waals surface area contributed by atoms with E-state index in [1.54, 1.807) is 7.11 Å². The molecule has 17 heavy (non-hydrogen) atoms. The van der Waals surface area contributed by atoms with E-state index in [0.717, 1.165) is 18.8 Å². The molecule has 1 aliphatic heterocycles. The number of methoxy groups -OCH3 is 1. The van der Waals surface area contributed by atoms with E-state index in [9.17, 15) is 0 Å². The molecule has 0 bridgehead atoms. The molecule has 0 amide bonds. The molecule has 2 atom stereocenters. The van der Waals surface area contributed by atoms with E-state index in [-0.39, 0.29) is 6.04 Å². The lowest BCUT2D eigenvalue weighted by Gasteiger charge is -2.30. The third-order valence-electron chi connectivity index (χ3n) is 3.14. The molecule has 0 radical (unpaired) electrons. The summed E-state index contributed by atoms with van der Waals surface area (Å²) >= 11 is 0. The predicted molar refractivity (Wildman–Crippen MR) is 70.2 cm³/mol. The Balaban J connectivity index is 2.20. The molecule has 1 aliphatic rings. The largest absolute Gasteiger partial charge is 0.384 e. The van der Waals surface area contributed by atoms with Crippen LogP contribution >= 0.6 is 0 Å². The van der Waals surface area contributed by atoms with Gasteiger partial charge < -0.3 is 15.4 Å². The second-order valence-electron chi connectivity index (χ2n) is 4.40. The molecule has 2 N–H and O–H groups in total. The normalized spacial score (nSPS) is 21.4. The van der Waals surface area contributed by atoms with Crippen LogP contribution < -0.4 is 10.6 Å². The van der Waals surface area contributed by atoms with Crippen molar-refractivity contribution in [2.24, 2.45) is 16.6 Å². The first-order chi connectivity index (χ1) is 8.24. The van der Waals surface area contributed by atoms with Gasteiger partial charge in [-0.25, -0.2) is 0 Å². The van der Waals surface area contributed by atoms with E-state index in [0.29, 0.717) is 11.9 Å². The van der Waals surface area contributed by atoms with Gasteiger partial charge in [-0.15, -0.1) is 0 Å². The number of nitrogens with two attached hydrogens (primary N) is 1. The van der Waals surface area contributed by atoms with Crippen LogP contribution in [0.1, 0.15) is 6.92 Å². The lowest BCUT2D eigenvalue weighted by molar-refractivity contribution is 0.150. The molecule has 0 aromatic heterocycles. The van der Waals surface area contributed by atoms with Gasteiger partial charge in [0.1, 0.15) is 0 Å². The molecule has 1 aromatic carbocycles. The SMILES string of the molecule is COCC(C)C1CN=C(N)N1c1ccccc1. The number of aliphatic imine (C=N–C) groups is 1. The molecule has 1 aromatic rings. The van der Waals surface area contributed by atoms with Crippen molar-refractivity contribution >= 4 is 11.6 Å². The molecule has 4 nitrogen and oxygen atoms in total. The van der Waals surface area contributed by atoms with E-state index in [4.69, 9.17) is 10.5 Å². The highest BCUT2D eigenvalue weighted by atomic mass is 16.5. The Morgan fingerprint density at radius 2 is 2.18 bits per heavy atom. The molecule has 0 aliphatic carbocycles. The zero-order chi connectivity index (χ0) is 12.3. The Morgan fingerprint density at radius 3 is 2.82 bits per heavy atom. The molecule has 0 saturated carbocycles. The minimum absolute atomic E-state index is 0.289. The van der Waals surface area contributed by atoms with Crippen molar-refractivity contribution in [2.75, 3.05) is 25.2 Å². The van der Waals surface area contributed by atoms with Crippen molar-refractivity contribution in [2.45, 2.75) is 13.0 Å². The number of nitrogens with zero attached hydrogens (tertiary/aromatic N) is 2. The lowest BCUT2D eigenvalue weighted by atomic mass is 10.0. The summed E-state index contributed by atoms with van der Waals surface area (Å²) in [5.74, 6) is 0.995. The van der Waals surface area contributed by atoms with Crippen molar-refractivity contribution in [3.8, 4) is 0 Å². The fraction of sp³-hybridized carbons (Fsp3) is 0.462. The van der Waals surface area contributed by atoms with Crippen molar-refractivity contribution < 1.29 is 4.74 Å². The maximum Gasteiger partial charge on any atom is 0.196 e. The van der Waals surface area contributed by atoms with Crippen LogP contribution in [0.5, 0.6) is 0 Å². The molecule has 4 heteroatoms. The van der Waals surface area contributed by atoms with E-state index < -0.39 is 0 Å². The second-order valence-corrected chi connectivity index (χ2v) is 4.40. The molecule has 92 valence electrons. The zero-order valence-corrected chi connectivity index (χ0v) is 10.3. The highest BCUT2D eigenvalue weighted by Gasteiger charge is 2.31. The van der Waals surface area contributed by atoms with E-state index >= 15 is 0 Å². The lowest BCUT2D eigenvalue weighted by Crippen LogP contribution is -2.45. The van der Waals surface area contributed by atoms with E-state index in [1.165, 1.54) is 0 Å². The number of benzene rings is 1. The molecular formula is C13H19N3O. The molecule has 0 fully saturated rings. The fourth-order valence-corrected chi connectivity index (χ4v) is 2.24. The molecule has 2 unspecified atom stereocenters. The summed E-state index contributed by atoms with van der Waals surface area (Å²) in [4.78, 5) is 6.44. The van der Waals surface area contributed by atoms with Gasteiger partial charge in [0, 0.05) is 18.7 Å². The number of ether oxygens (including phenoxy) is 1. The third-order valence-corrected chi connectivity index (χ3v) is 3.14. The second kappa shape index (κ2) is 5.19. The van der Waals surface area contributed by atoms with Gasteiger partial charge in [-0.1, -0.05) is 25.1 Å². The monoisotopic (exact) mass is 233 g/mol. The molecule has 1 heterocycles. The Kier molecular flexibility index (Phi) is 3.64. The van der Waals surface area contributed by atoms with Gasteiger partial charge in [-0.3, -0.25) is 4.99 Å². The first-order valence-electron chi connectivity index (χ1n) is 5.87. The van der Waals surface area contributed by atoms with Gasteiger partial charge in [0.25, 0.3) is 0 Å². The van der Waals surface area contributed by atoms with Gasteiger partial charge in [0.2, 0.25) is 0 Å². The average molecular weight is 233 g/mol. The predicted octanol–water partition coefficient (Wildman–Crippen LogP) is 1.47. The van der Waals surface area contributed by atoms with Crippen molar-refractivity contribution in [3.05, 3.63) is 30.3 Å². The number of rotatable bonds is 4. The van der Waals surface area contributed by atoms with Gasteiger partial charge in [0.05, 0.1) is 19.2 Å². The van der Waals surface area contributed by atoms with Gasteiger partial charge in [0.15, 0.2) is 5.96 Å². The molecule has 2 rings (SSSR count). The highest BCUT2D eigenvalue weighted by molar-refractivity contribution is 5.97. The van der Waals surface area contributed by atoms with Crippen LogP contribution in [-0.4, -0.2) is 32.3 Å². The number of anilines is 1. The van der Waals surface area contributed by atoms with E-state index in [1.807, 2.05) is 18.2 Å². The van der Waals surface area contributed by atoms with E-state index in [2.05, 4.69) is 28.9 Å². The topological polar surface area (TPSA) is 50.9 Å². The summed E-state index contributed by atoms with van der Waals surface area (Å²) in [6, 6.07) is 10.4. The first-order valence-corrected chi connectivity index (χ1v) is 5.87. The van der Waals surface area contributed by atoms with Crippen LogP contribution in [-0.2, 0) is 4.74 Å². The highest BCUT2D eigenvalue weighted by Crippen LogP contribution is 2.24. The van der Waals surface area contributed by atoms with Crippen molar-refractivity contribution in [3.63, 3.8) is 0 Å². The summed E-state index contributed by atoms with van der Waals surface area (Å²) in [6.07, 6.45) is 0. The number of para-hydroxylation sites is 1. The number of hydrogen-bond acceptors (Lipinski definition) is 4.